The lowest BCUT2D eigenvalue weighted by atomic mass is 10.1. The van der Waals surface area contributed by atoms with Crippen molar-refractivity contribution in [2.75, 3.05) is 7.05 Å². The minimum atomic E-state index is 0.483. The highest BCUT2D eigenvalue weighted by atomic mass is 35.5. The van der Waals surface area contributed by atoms with E-state index >= 15 is 0 Å². The van der Waals surface area contributed by atoms with Crippen LogP contribution >= 0.6 is 34.5 Å². The van der Waals surface area contributed by atoms with E-state index in [2.05, 4.69) is 17.4 Å². The van der Waals surface area contributed by atoms with E-state index in [9.17, 15) is 0 Å². The first kappa shape index (κ1) is 13.4. The van der Waals surface area contributed by atoms with Gasteiger partial charge in [0.2, 0.25) is 0 Å². The molecule has 2 aromatic rings. The molecule has 1 aliphatic rings. The Bertz CT molecular complexity index is 590. The summed E-state index contributed by atoms with van der Waals surface area (Å²) < 4.78 is 0. The fraction of sp³-hybridized carbons (Fsp3) is 0.333. The summed E-state index contributed by atoms with van der Waals surface area (Å²) in [7, 11) is 2.04. The number of nitrogens with one attached hydrogen (secondary N) is 1. The van der Waals surface area contributed by atoms with E-state index in [-0.39, 0.29) is 0 Å². The van der Waals surface area contributed by atoms with E-state index in [1.165, 1.54) is 22.6 Å². The Kier molecular flexibility index (Phi) is 3.86. The first-order chi connectivity index (χ1) is 9.19. The lowest BCUT2D eigenvalue weighted by Gasteiger charge is -2.12. The van der Waals surface area contributed by atoms with Crippen molar-refractivity contribution >= 4 is 34.5 Å². The van der Waals surface area contributed by atoms with Crippen molar-refractivity contribution in [3.63, 3.8) is 0 Å². The van der Waals surface area contributed by atoms with Crippen LogP contribution < -0.4 is 5.32 Å². The van der Waals surface area contributed by atoms with Gasteiger partial charge in [-0.25, -0.2) is 0 Å². The molecule has 4 heteroatoms. The second kappa shape index (κ2) is 5.45. The van der Waals surface area contributed by atoms with Crippen LogP contribution in [-0.2, 0) is 0 Å². The molecule has 1 atom stereocenters. The predicted octanol–water partition coefficient (Wildman–Crippen LogP) is 5.39. The van der Waals surface area contributed by atoms with E-state index < -0.39 is 0 Å². The Morgan fingerprint density at radius 2 is 2.00 bits per heavy atom. The molecule has 0 spiro atoms. The van der Waals surface area contributed by atoms with Crippen molar-refractivity contribution in [2.24, 2.45) is 5.92 Å². The number of hydrogen-bond acceptors (Lipinski definition) is 2. The molecule has 0 bridgehead atoms. The van der Waals surface area contributed by atoms with Gasteiger partial charge in [0.25, 0.3) is 0 Å². The van der Waals surface area contributed by atoms with Crippen molar-refractivity contribution < 1.29 is 0 Å². The maximum atomic E-state index is 6.26. The third-order valence-corrected chi connectivity index (χ3v) is 5.30. The lowest BCUT2D eigenvalue weighted by Crippen LogP contribution is -2.16. The molecule has 19 heavy (non-hydrogen) atoms. The van der Waals surface area contributed by atoms with Crippen LogP contribution in [0.5, 0.6) is 0 Å². The molecule has 1 aliphatic carbocycles. The van der Waals surface area contributed by atoms with Crippen molar-refractivity contribution in [1.82, 2.24) is 5.32 Å². The minimum absolute atomic E-state index is 0.483. The first-order valence-corrected chi connectivity index (χ1v) is 7.98. The maximum Gasteiger partial charge on any atom is 0.0493 e. The van der Waals surface area contributed by atoms with Gasteiger partial charge in [-0.2, -0.15) is 0 Å². The molecule has 1 aromatic heterocycles. The molecule has 1 unspecified atom stereocenters. The van der Waals surface area contributed by atoms with Gasteiger partial charge in [-0.3, -0.25) is 0 Å². The number of thiophene rings is 1. The molecular formula is C15H15Cl2NS. The second-order valence-electron chi connectivity index (χ2n) is 4.93. The number of rotatable bonds is 4. The second-order valence-corrected chi connectivity index (χ2v) is 6.89. The summed E-state index contributed by atoms with van der Waals surface area (Å²) >= 11 is 14.1. The molecule has 1 aromatic carbocycles. The summed E-state index contributed by atoms with van der Waals surface area (Å²) in [5, 5.41) is 4.90. The van der Waals surface area contributed by atoms with Gasteiger partial charge in [0.1, 0.15) is 0 Å². The van der Waals surface area contributed by atoms with Crippen LogP contribution in [-0.4, -0.2) is 7.05 Å². The van der Waals surface area contributed by atoms with Gasteiger partial charge in [-0.05, 0) is 56.1 Å². The molecule has 1 saturated carbocycles. The highest BCUT2D eigenvalue weighted by Crippen LogP contribution is 2.44. The highest BCUT2D eigenvalue weighted by Gasteiger charge is 2.32. The molecule has 1 nitrogen and oxygen atoms in total. The van der Waals surface area contributed by atoms with Crippen molar-refractivity contribution in [1.29, 1.82) is 0 Å². The summed E-state index contributed by atoms with van der Waals surface area (Å²) in [6.07, 6.45) is 2.66. The molecular weight excluding hydrogens is 297 g/mol. The zero-order chi connectivity index (χ0) is 13.4. The van der Waals surface area contributed by atoms with Gasteiger partial charge in [0.15, 0.2) is 0 Å². The summed E-state index contributed by atoms with van der Waals surface area (Å²) in [4.78, 5) is 2.57. The predicted molar refractivity (Wildman–Crippen MR) is 84.3 cm³/mol. The Morgan fingerprint density at radius 1 is 1.21 bits per heavy atom. The van der Waals surface area contributed by atoms with Crippen molar-refractivity contribution in [3.05, 3.63) is 45.3 Å². The quantitative estimate of drug-likeness (QED) is 0.798. The average Bonchev–Trinajstić information content (AvgIpc) is 3.11. The largest absolute Gasteiger partial charge is 0.312 e. The van der Waals surface area contributed by atoms with E-state index in [4.69, 9.17) is 23.2 Å². The molecule has 3 rings (SSSR count). The summed E-state index contributed by atoms with van der Waals surface area (Å²) in [6.45, 7) is 0. The van der Waals surface area contributed by atoms with Gasteiger partial charge < -0.3 is 5.32 Å². The molecule has 0 radical (unpaired) electrons. The Hall–Kier alpha value is -0.540. The Morgan fingerprint density at radius 3 is 2.68 bits per heavy atom. The molecule has 0 aliphatic heterocycles. The van der Waals surface area contributed by atoms with Gasteiger partial charge in [0.05, 0.1) is 0 Å². The number of halogens is 2. The minimum Gasteiger partial charge on any atom is -0.312 e. The maximum absolute atomic E-state index is 6.26. The molecule has 0 amide bonds. The van der Waals surface area contributed by atoms with E-state index in [0.717, 1.165) is 21.5 Å². The first-order valence-electron chi connectivity index (χ1n) is 6.41. The smallest absolute Gasteiger partial charge is 0.0493 e. The number of benzene rings is 1. The van der Waals surface area contributed by atoms with E-state index in [1.807, 2.05) is 25.2 Å². The topological polar surface area (TPSA) is 12.0 Å². The number of hydrogen-bond donors (Lipinski definition) is 1. The van der Waals surface area contributed by atoms with Crippen LogP contribution in [0.4, 0.5) is 0 Å². The molecule has 1 heterocycles. The normalized spacial score (nSPS) is 16.6. The summed E-state index contributed by atoms with van der Waals surface area (Å²) in [5.41, 5.74) is 1.02. The van der Waals surface area contributed by atoms with E-state index in [1.54, 1.807) is 11.3 Å². The molecule has 1 N–H and O–H groups in total. The standard InChI is InChI=1S/C15H15Cl2NS/c1-18-15(9-2-3-9)14-7-6-13(19-14)11-8-10(16)4-5-12(11)17/h4-9,15,18H,2-3H2,1H3. The van der Waals surface area contributed by atoms with Gasteiger partial charge in [-0.15, -0.1) is 11.3 Å². The molecule has 1 fully saturated rings. The Balaban J connectivity index is 1.94. The van der Waals surface area contributed by atoms with Gasteiger partial charge in [-0.1, -0.05) is 23.2 Å². The average molecular weight is 312 g/mol. The Labute approximate surface area is 127 Å². The van der Waals surface area contributed by atoms with Crippen LogP contribution in [0.25, 0.3) is 10.4 Å². The fourth-order valence-electron chi connectivity index (χ4n) is 2.39. The monoisotopic (exact) mass is 311 g/mol. The zero-order valence-electron chi connectivity index (χ0n) is 10.6. The van der Waals surface area contributed by atoms with Crippen molar-refractivity contribution in [3.8, 4) is 10.4 Å². The summed E-state index contributed by atoms with van der Waals surface area (Å²) in [5.74, 6) is 0.798. The summed E-state index contributed by atoms with van der Waals surface area (Å²) in [6, 6.07) is 10.4. The SMILES string of the molecule is CNC(c1ccc(-c2cc(Cl)ccc2Cl)s1)C1CC1. The third kappa shape index (κ3) is 2.82. The van der Waals surface area contributed by atoms with E-state index in [0.29, 0.717) is 6.04 Å². The van der Waals surface area contributed by atoms with Crippen LogP contribution in [0.1, 0.15) is 23.8 Å². The van der Waals surface area contributed by atoms with Crippen LogP contribution in [0.3, 0.4) is 0 Å². The highest BCUT2D eigenvalue weighted by molar-refractivity contribution is 7.15. The molecule has 100 valence electrons. The fourth-order valence-corrected chi connectivity index (χ4v) is 4.08. The van der Waals surface area contributed by atoms with Crippen LogP contribution in [0, 0.1) is 5.92 Å². The van der Waals surface area contributed by atoms with Gasteiger partial charge in [0, 0.05) is 31.4 Å². The third-order valence-electron chi connectivity index (χ3n) is 3.53. The lowest BCUT2D eigenvalue weighted by molar-refractivity contribution is 0.537. The van der Waals surface area contributed by atoms with Gasteiger partial charge >= 0.3 is 0 Å². The zero-order valence-corrected chi connectivity index (χ0v) is 12.9. The molecule has 0 saturated heterocycles. The van der Waals surface area contributed by atoms with Crippen molar-refractivity contribution in [2.45, 2.75) is 18.9 Å². The van der Waals surface area contributed by atoms with Crippen LogP contribution in [0.2, 0.25) is 10.0 Å². The van der Waals surface area contributed by atoms with Crippen LogP contribution in [0.15, 0.2) is 30.3 Å².